The molecule has 0 bridgehead atoms. The number of aryl methyl sites for hydroxylation is 1. The van der Waals surface area contributed by atoms with Gasteiger partial charge in [-0.1, -0.05) is 31.2 Å². The molecule has 1 heterocycles. The molecule has 0 radical (unpaired) electrons. The Hall–Kier alpha value is -0.860. The molecule has 19 heavy (non-hydrogen) atoms. The van der Waals surface area contributed by atoms with Gasteiger partial charge in [-0.25, -0.2) is 0 Å². The normalized spacial score (nSPS) is 24.6. The van der Waals surface area contributed by atoms with E-state index in [1.807, 2.05) is 0 Å². The molecule has 1 N–H and O–H groups in total. The molecule has 1 atom stereocenters. The Kier molecular flexibility index (Phi) is 4.19. The van der Waals surface area contributed by atoms with Gasteiger partial charge in [-0.15, -0.1) is 0 Å². The fourth-order valence-electron chi connectivity index (χ4n) is 3.73. The molecular formula is C17H26N2. The van der Waals surface area contributed by atoms with Gasteiger partial charge in [0.25, 0.3) is 0 Å². The standard InChI is InChI=1S/C17H26N2/c1-2-18-13-14-9-11-19(12-10-14)17-8-7-15-5-3-4-6-16(15)17/h3-6,14,17-18H,2,7-13H2,1H3. The first-order valence-corrected chi connectivity index (χ1v) is 7.91. The van der Waals surface area contributed by atoms with Gasteiger partial charge in [-0.3, -0.25) is 4.90 Å². The highest BCUT2D eigenvalue weighted by atomic mass is 15.2. The summed E-state index contributed by atoms with van der Waals surface area (Å²) in [6.07, 6.45) is 5.34. The third-order valence-electron chi connectivity index (χ3n) is 4.87. The Labute approximate surface area is 117 Å². The second-order valence-corrected chi connectivity index (χ2v) is 6.04. The molecule has 104 valence electrons. The zero-order valence-corrected chi connectivity index (χ0v) is 12.1. The number of nitrogens with zero attached hydrogens (tertiary/aromatic N) is 1. The molecule has 0 amide bonds. The van der Waals surface area contributed by atoms with Crippen LogP contribution in [0.2, 0.25) is 0 Å². The molecule has 1 saturated heterocycles. The Morgan fingerprint density at radius 3 is 2.74 bits per heavy atom. The zero-order chi connectivity index (χ0) is 13.1. The lowest BCUT2D eigenvalue weighted by Crippen LogP contribution is -2.38. The summed E-state index contributed by atoms with van der Waals surface area (Å²) in [5, 5.41) is 3.50. The molecule has 2 nitrogen and oxygen atoms in total. The molecular weight excluding hydrogens is 232 g/mol. The quantitative estimate of drug-likeness (QED) is 0.893. The second kappa shape index (κ2) is 6.06. The number of likely N-dealkylation sites (tertiary alicyclic amines) is 1. The molecule has 2 heteroatoms. The summed E-state index contributed by atoms with van der Waals surface area (Å²) >= 11 is 0. The summed E-state index contributed by atoms with van der Waals surface area (Å²) in [4.78, 5) is 2.73. The lowest BCUT2D eigenvalue weighted by molar-refractivity contribution is 0.131. The van der Waals surface area contributed by atoms with E-state index < -0.39 is 0 Å². The SMILES string of the molecule is CCNCC1CCN(C2CCc3ccccc32)CC1. The highest BCUT2D eigenvalue weighted by Crippen LogP contribution is 2.37. The Bertz CT molecular complexity index is 407. The van der Waals surface area contributed by atoms with Gasteiger partial charge in [0.15, 0.2) is 0 Å². The molecule has 1 unspecified atom stereocenters. The lowest BCUT2D eigenvalue weighted by Gasteiger charge is -2.36. The minimum absolute atomic E-state index is 0.705. The molecule has 0 saturated carbocycles. The van der Waals surface area contributed by atoms with Gasteiger partial charge in [-0.2, -0.15) is 0 Å². The zero-order valence-electron chi connectivity index (χ0n) is 12.1. The van der Waals surface area contributed by atoms with Crippen LogP contribution in [-0.2, 0) is 6.42 Å². The fourth-order valence-corrected chi connectivity index (χ4v) is 3.73. The smallest absolute Gasteiger partial charge is 0.0354 e. The summed E-state index contributed by atoms with van der Waals surface area (Å²) in [6.45, 7) is 7.09. The van der Waals surface area contributed by atoms with Crippen molar-refractivity contribution >= 4 is 0 Å². The fraction of sp³-hybridized carbons (Fsp3) is 0.647. The second-order valence-electron chi connectivity index (χ2n) is 6.04. The van der Waals surface area contributed by atoms with E-state index in [9.17, 15) is 0 Å². The van der Waals surface area contributed by atoms with Crippen LogP contribution in [0, 0.1) is 5.92 Å². The number of rotatable bonds is 4. The van der Waals surface area contributed by atoms with Gasteiger partial charge in [0.1, 0.15) is 0 Å². The van der Waals surface area contributed by atoms with E-state index in [1.54, 1.807) is 11.1 Å². The van der Waals surface area contributed by atoms with Gasteiger partial charge in [0.05, 0.1) is 0 Å². The Morgan fingerprint density at radius 2 is 1.95 bits per heavy atom. The maximum Gasteiger partial charge on any atom is 0.0354 e. The summed E-state index contributed by atoms with van der Waals surface area (Å²) in [6, 6.07) is 9.75. The van der Waals surface area contributed by atoms with Crippen LogP contribution in [0.25, 0.3) is 0 Å². The third-order valence-corrected chi connectivity index (χ3v) is 4.87. The van der Waals surface area contributed by atoms with Crippen LogP contribution in [0.3, 0.4) is 0 Å². The van der Waals surface area contributed by atoms with Crippen molar-refractivity contribution in [1.82, 2.24) is 10.2 Å². The number of hydrogen-bond donors (Lipinski definition) is 1. The Morgan fingerprint density at radius 1 is 1.16 bits per heavy atom. The number of nitrogens with one attached hydrogen (secondary N) is 1. The first kappa shape index (κ1) is 13.1. The first-order chi connectivity index (χ1) is 9.38. The largest absolute Gasteiger partial charge is 0.317 e. The van der Waals surface area contributed by atoms with Crippen LogP contribution in [-0.4, -0.2) is 31.1 Å². The minimum atomic E-state index is 0.705. The van der Waals surface area contributed by atoms with Crippen LogP contribution >= 0.6 is 0 Å². The van der Waals surface area contributed by atoms with Gasteiger partial charge < -0.3 is 5.32 Å². The van der Waals surface area contributed by atoms with Crippen molar-refractivity contribution in [3.8, 4) is 0 Å². The molecule has 0 aromatic heterocycles. The van der Waals surface area contributed by atoms with Crippen LogP contribution in [0.4, 0.5) is 0 Å². The van der Waals surface area contributed by atoms with Crippen molar-refractivity contribution in [3.63, 3.8) is 0 Å². The molecule has 3 rings (SSSR count). The molecule has 1 fully saturated rings. The van der Waals surface area contributed by atoms with Crippen molar-refractivity contribution in [2.45, 2.75) is 38.6 Å². The highest BCUT2D eigenvalue weighted by Gasteiger charge is 2.30. The minimum Gasteiger partial charge on any atom is -0.317 e. The summed E-state index contributed by atoms with van der Waals surface area (Å²) in [5.74, 6) is 0.896. The van der Waals surface area contributed by atoms with Crippen molar-refractivity contribution in [2.24, 2.45) is 5.92 Å². The predicted octanol–water partition coefficient (Wildman–Crippen LogP) is 3.00. The van der Waals surface area contributed by atoms with E-state index in [4.69, 9.17) is 0 Å². The molecule has 1 aromatic rings. The molecule has 2 aliphatic rings. The summed E-state index contributed by atoms with van der Waals surface area (Å²) < 4.78 is 0. The number of piperidine rings is 1. The molecule has 1 aliphatic heterocycles. The van der Waals surface area contributed by atoms with Crippen molar-refractivity contribution in [1.29, 1.82) is 0 Å². The molecule has 1 aliphatic carbocycles. The number of hydrogen-bond acceptors (Lipinski definition) is 2. The van der Waals surface area contributed by atoms with E-state index >= 15 is 0 Å². The van der Waals surface area contributed by atoms with Gasteiger partial charge in [0.2, 0.25) is 0 Å². The van der Waals surface area contributed by atoms with Crippen LogP contribution in [0.15, 0.2) is 24.3 Å². The third kappa shape index (κ3) is 2.85. The summed E-state index contributed by atoms with van der Waals surface area (Å²) in [7, 11) is 0. The van der Waals surface area contributed by atoms with E-state index in [-0.39, 0.29) is 0 Å². The van der Waals surface area contributed by atoms with E-state index in [2.05, 4.69) is 41.4 Å². The van der Waals surface area contributed by atoms with Crippen LogP contribution < -0.4 is 5.32 Å². The predicted molar refractivity (Wildman–Crippen MR) is 80.3 cm³/mol. The molecule has 0 spiro atoms. The molecule has 1 aromatic carbocycles. The maximum atomic E-state index is 3.50. The number of benzene rings is 1. The Balaban J connectivity index is 1.58. The van der Waals surface area contributed by atoms with Crippen LogP contribution in [0.1, 0.15) is 43.4 Å². The van der Waals surface area contributed by atoms with E-state index in [1.165, 1.54) is 45.3 Å². The number of fused-ring (bicyclic) bond motifs is 1. The average molecular weight is 258 g/mol. The van der Waals surface area contributed by atoms with Gasteiger partial charge in [0, 0.05) is 6.04 Å². The van der Waals surface area contributed by atoms with Gasteiger partial charge in [-0.05, 0) is 68.9 Å². The van der Waals surface area contributed by atoms with Crippen molar-refractivity contribution < 1.29 is 0 Å². The topological polar surface area (TPSA) is 15.3 Å². The lowest BCUT2D eigenvalue weighted by atomic mass is 9.94. The average Bonchev–Trinajstić information content (AvgIpc) is 2.90. The van der Waals surface area contributed by atoms with Crippen molar-refractivity contribution in [2.75, 3.05) is 26.2 Å². The van der Waals surface area contributed by atoms with E-state index in [0.717, 1.165) is 12.5 Å². The monoisotopic (exact) mass is 258 g/mol. The van der Waals surface area contributed by atoms with Crippen molar-refractivity contribution in [3.05, 3.63) is 35.4 Å². The maximum absolute atomic E-state index is 3.50. The van der Waals surface area contributed by atoms with Gasteiger partial charge >= 0.3 is 0 Å². The van der Waals surface area contributed by atoms with Crippen LogP contribution in [0.5, 0.6) is 0 Å². The summed E-state index contributed by atoms with van der Waals surface area (Å²) in [5.41, 5.74) is 3.19. The first-order valence-electron chi connectivity index (χ1n) is 7.91. The highest BCUT2D eigenvalue weighted by molar-refractivity contribution is 5.34. The van der Waals surface area contributed by atoms with E-state index in [0.29, 0.717) is 6.04 Å².